The van der Waals surface area contributed by atoms with Crippen molar-refractivity contribution in [3.05, 3.63) is 41.5 Å². The first-order chi connectivity index (χ1) is 9.60. The summed E-state index contributed by atoms with van der Waals surface area (Å²) in [7, 11) is 2.40. The first-order valence-corrected chi connectivity index (χ1v) is 6.21. The minimum absolute atomic E-state index is 0.679. The summed E-state index contributed by atoms with van der Waals surface area (Å²) in [6.07, 6.45) is 2.47. The lowest BCUT2D eigenvalue weighted by Crippen LogP contribution is -2.36. The van der Waals surface area contributed by atoms with E-state index in [1.54, 1.807) is 24.3 Å². The lowest BCUT2D eigenvalue weighted by Gasteiger charge is -2.29. The summed E-state index contributed by atoms with van der Waals surface area (Å²) >= 11 is 0. The van der Waals surface area contributed by atoms with Gasteiger partial charge in [-0.05, 0) is 11.1 Å². The number of fused-ring (bicyclic) bond motifs is 1. The molecule has 1 aliphatic rings. The van der Waals surface area contributed by atoms with E-state index in [1.807, 2.05) is 12.1 Å². The molecule has 2 atom stereocenters. The fourth-order valence-corrected chi connectivity index (χ4v) is 2.42. The standard InChI is InChI=1S/C15H16O5/c1-19-14(17)12(15(18)20-2)11-8-7-9-5-3-4-6-10(9)13(11)16/h3-8,11-13,16H,1-2H3. The van der Waals surface area contributed by atoms with Crippen LogP contribution < -0.4 is 0 Å². The second kappa shape index (κ2) is 5.88. The number of ether oxygens (including phenoxy) is 2. The molecule has 0 saturated heterocycles. The fourth-order valence-electron chi connectivity index (χ4n) is 2.42. The zero-order valence-corrected chi connectivity index (χ0v) is 11.3. The monoisotopic (exact) mass is 276 g/mol. The molecule has 1 aromatic carbocycles. The van der Waals surface area contributed by atoms with Crippen molar-refractivity contribution in [2.45, 2.75) is 6.10 Å². The molecule has 1 aliphatic carbocycles. The largest absolute Gasteiger partial charge is 0.468 e. The summed E-state index contributed by atoms with van der Waals surface area (Å²) in [4.78, 5) is 23.6. The van der Waals surface area contributed by atoms with Crippen LogP contribution in [0.25, 0.3) is 6.08 Å². The van der Waals surface area contributed by atoms with Crippen LogP contribution >= 0.6 is 0 Å². The Kier molecular flexibility index (Phi) is 4.20. The number of rotatable bonds is 3. The smallest absolute Gasteiger partial charge is 0.320 e. The third-order valence-electron chi connectivity index (χ3n) is 3.47. The van der Waals surface area contributed by atoms with Gasteiger partial charge in [-0.1, -0.05) is 36.4 Å². The van der Waals surface area contributed by atoms with E-state index in [4.69, 9.17) is 0 Å². The van der Waals surface area contributed by atoms with Crippen LogP contribution in [0.1, 0.15) is 17.2 Å². The Morgan fingerprint density at radius 1 is 1.15 bits per heavy atom. The topological polar surface area (TPSA) is 72.8 Å². The lowest BCUT2D eigenvalue weighted by atomic mass is 9.79. The Bertz CT molecular complexity index is 533. The van der Waals surface area contributed by atoms with E-state index in [-0.39, 0.29) is 0 Å². The van der Waals surface area contributed by atoms with Gasteiger partial charge in [0.1, 0.15) is 0 Å². The lowest BCUT2D eigenvalue weighted by molar-refractivity contribution is -0.162. The summed E-state index contributed by atoms with van der Waals surface area (Å²) in [5, 5.41) is 10.4. The summed E-state index contributed by atoms with van der Waals surface area (Å²) in [6, 6.07) is 7.27. The van der Waals surface area contributed by atoms with E-state index in [0.29, 0.717) is 5.56 Å². The van der Waals surface area contributed by atoms with Crippen molar-refractivity contribution < 1.29 is 24.2 Å². The summed E-state index contributed by atoms with van der Waals surface area (Å²) in [5.74, 6) is -3.32. The van der Waals surface area contributed by atoms with Gasteiger partial charge < -0.3 is 14.6 Å². The van der Waals surface area contributed by atoms with Crippen molar-refractivity contribution >= 4 is 18.0 Å². The normalized spacial score (nSPS) is 20.4. The summed E-state index contributed by atoms with van der Waals surface area (Å²) in [6.45, 7) is 0. The van der Waals surface area contributed by atoms with E-state index in [1.165, 1.54) is 14.2 Å². The van der Waals surface area contributed by atoms with Crippen molar-refractivity contribution in [3.8, 4) is 0 Å². The molecular formula is C15H16O5. The number of aliphatic hydroxyl groups excluding tert-OH is 1. The second-order valence-corrected chi connectivity index (χ2v) is 4.53. The van der Waals surface area contributed by atoms with Crippen LogP contribution in [0.5, 0.6) is 0 Å². The molecule has 5 heteroatoms. The average molecular weight is 276 g/mol. The number of hydrogen-bond acceptors (Lipinski definition) is 5. The molecule has 0 aliphatic heterocycles. The predicted molar refractivity (Wildman–Crippen MR) is 71.4 cm³/mol. The molecule has 1 aromatic rings. The van der Waals surface area contributed by atoms with E-state index in [9.17, 15) is 14.7 Å². The molecule has 0 spiro atoms. The number of benzene rings is 1. The van der Waals surface area contributed by atoms with Crippen molar-refractivity contribution in [3.63, 3.8) is 0 Å². The van der Waals surface area contributed by atoms with Gasteiger partial charge >= 0.3 is 11.9 Å². The molecule has 2 rings (SSSR count). The maximum Gasteiger partial charge on any atom is 0.320 e. The summed E-state index contributed by atoms with van der Waals surface area (Å²) < 4.78 is 9.28. The quantitative estimate of drug-likeness (QED) is 0.666. The molecule has 20 heavy (non-hydrogen) atoms. The predicted octanol–water partition coefficient (Wildman–Crippen LogP) is 1.33. The number of aliphatic hydroxyl groups is 1. The molecule has 2 unspecified atom stereocenters. The van der Waals surface area contributed by atoms with Crippen molar-refractivity contribution in [2.75, 3.05) is 14.2 Å². The van der Waals surface area contributed by atoms with Crippen LogP contribution in [-0.2, 0) is 19.1 Å². The van der Waals surface area contributed by atoms with Crippen LogP contribution in [0.3, 0.4) is 0 Å². The number of esters is 2. The third kappa shape index (κ3) is 2.44. The number of carbonyl (C=O) groups is 2. The minimum atomic E-state index is -1.18. The molecule has 106 valence electrons. The van der Waals surface area contributed by atoms with Gasteiger partial charge in [0, 0.05) is 5.92 Å². The number of hydrogen-bond donors (Lipinski definition) is 1. The zero-order chi connectivity index (χ0) is 14.7. The Hall–Kier alpha value is -2.14. The van der Waals surface area contributed by atoms with Gasteiger partial charge in [0.25, 0.3) is 0 Å². The highest BCUT2D eigenvalue weighted by molar-refractivity contribution is 5.95. The van der Waals surface area contributed by atoms with Crippen LogP contribution in [0.4, 0.5) is 0 Å². The number of methoxy groups -OCH3 is 2. The molecule has 5 nitrogen and oxygen atoms in total. The molecule has 0 bridgehead atoms. The molecule has 0 aromatic heterocycles. The molecule has 1 N–H and O–H groups in total. The Labute approximate surface area is 116 Å². The van der Waals surface area contributed by atoms with Gasteiger partial charge in [-0.25, -0.2) is 0 Å². The summed E-state index contributed by atoms with van der Waals surface area (Å²) in [5.41, 5.74) is 1.54. The van der Waals surface area contributed by atoms with Crippen LogP contribution in [0.2, 0.25) is 0 Å². The Morgan fingerprint density at radius 3 is 2.35 bits per heavy atom. The second-order valence-electron chi connectivity index (χ2n) is 4.53. The van der Waals surface area contributed by atoms with Gasteiger partial charge in [0.15, 0.2) is 5.92 Å². The van der Waals surface area contributed by atoms with Crippen LogP contribution in [0.15, 0.2) is 30.3 Å². The Balaban J connectivity index is 2.37. The van der Waals surface area contributed by atoms with Crippen molar-refractivity contribution in [1.29, 1.82) is 0 Å². The van der Waals surface area contributed by atoms with E-state index < -0.39 is 29.9 Å². The molecule has 0 heterocycles. The van der Waals surface area contributed by atoms with Gasteiger partial charge in [0.2, 0.25) is 0 Å². The molecule has 0 saturated carbocycles. The fraction of sp³-hybridized carbons (Fsp3) is 0.333. The van der Waals surface area contributed by atoms with Crippen molar-refractivity contribution in [2.24, 2.45) is 11.8 Å². The molecule has 0 amide bonds. The van der Waals surface area contributed by atoms with E-state index in [2.05, 4.69) is 9.47 Å². The maximum absolute atomic E-state index is 11.8. The SMILES string of the molecule is COC(=O)C(C(=O)OC)C1C=Cc2ccccc2C1O. The highest BCUT2D eigenvalue weighted by atomic mass is 16.5. The highest BCUT2D eigenvalue weighted by Crippen LogP contribution is 2.37. The van der Waals surface area contributed by atoms with Gasteiger partial charge in [-0.2, -0.15) is 0 Å². The van der Waals surface area contributed by atoms with Crippen LogP contribution in [-0.4, -0.2) is 31.3 Å². The average Bonchev–Trinajstić information content (AvgIpc) is 2.49. The first kappa shape index (κ1) is 14.3. The van der Waals surface area contributed by atoms with Crippen molar-refractivity contribution in [1.82, 2.24) is 0 Å². The maximum atomic E-state index is 11.8. The molecular weight excluding hydrogens is 260 g/mol. The highest BCUT2D eigenvalue weighted by Gasteiger charge is 2.41. The minimum Gasteiger partial charge on any atom is -0.468 e. The van der Waals surface area contributed by atoms with Gasteiger partial charge in [-0.15, -0.1) is 0 Å². The zero-order valence-electron chi connectivity index (χ0n) is 11.3. The first-order valence-electron chi connectivity index (χ1n) is 6.21. The Morgan fingerprint density at radius 2 is 1.75 bits per heavy atom. The van der Waals surface area contributed by atoms with E-state index in [0.717, 1.165) is 5.56 Å². The molecule has 0 fully saturated rings. The third-order valence-corrected chi connectivity index (χ3v) is 3.47. The van der Waals surface area contributed by atoms with Gasteiger partial charge in [-0.3, -0.25) is 9.59 Å². The van der Waals surface area contributed by atoms with Gasteiger partial charge in [0.05, 0.1) is 20.3 Å². The van der Waals surface area contributed by atoms with E-state index >= 15 is 0 Å². The molecule has 0 radical (unpaired) electrons. The number of carbonyl (C=O) groups excluding carboxylic acids is 2. The van der Waals surface area contributed by atoms with Crippen LogP contribution in [0, 0.1) is 11.8 Å².